The summed E-state index contributed by atoms with van der Waals surface area (Å²) in [5.74, 6) is -0.213. The van der Waals surface area contributed by atoms with E-state index in [-0.39, 0.29) is 30.5 Å². The monoisotopic (exact) mass is 363 g/mol. The van der Waals surface area contributed by atoms with Crippen LogP contribution >= 0.6 is 0 Å². The van der Waals surface area contributed by atoms with Gasteiger partial charge in [0.1, 0.15) is 0 Å². The molecule has 0 spiro atoms. The number of rotatable bonds is 8. The molecule has 1 heterocycles. The minimum absolute atomic E-state index is 0.159. The second-order valence-corrected chi connectivity index (χ2v) is 7.33. The van der Waals surface area contributed by atoms with E-state index in [0.717, 1.165) is 5.56 Å². The first-order valence-electron chi connectivity index (χ1n) is 7.69. The van der Waals surface area contributed by atoms with Gasteiger partial charge in [0.15, 0.2) is 0 Å². The molecule has 25 heavy (non-hydrogen) atoms. The Bertz CT molecular complexity index is 792. The molecule has 0 unspecified atom stereocenters. The SMILES string of the molecule is COCCN(Cc1ccncc1)S(=O)(=O)c1ccc(NC(C)=O)cc1. The fraction of sp³-hybridized carbons (Fsp3) is 0.294. The van der Waals surface area contributed by atoms with Gasteiger partial charge in [0.2, 0.25) is 15.9 Å². The molecule has 2 aromatic rings. The number of hydrogen-bond acceptors (Lipinski definition) is 5. The minimum Gasteiger partial charge on any atom is -0.383 e. The maximum absolute atomic E-state index is 12.9. The van der Waals surface area contributed by atoms with Crippen LogP contribution in [-0.4, -0.2) is 43.9 Å². The Morgan fingerprint density at radius 1 is 1.16 bits per heavy atom. The lowest BCUT2D eigenvalue weighted by atomic mass is 10.3. The van der Waals surface area contributed by atoms with Crippen LogP contribution in [0.4, 0.5) is 5.69 Å². The molecule has 1 amide bonds. The summed E-state index contributed by atoms with van der Waals surface area (Å²) >= 11 is 0. The van der Waals surface area contributed by atoms with Crippen molar-refractivity contribution in [2.45, 2.75) is 18.4 Å². The maximum Gasteiger partial charge on any atom is 0.243 e. The number of pyridine rings is 1. The molecule has 0 aliphatic rings. The van der Waals surface area contributed by atoms with Crippen LogP contribution in [0.3, 0.4) is 0 Å². The molecule has 0 saturated heterocycles. The van der Waals surface area contributed by atoms with Crippen LogP contribution in [-0.2, 0) is 26.1 Å². The fourth-order valence-electron chi connectivity index (χ4n) is 2.23. The van der Waals surface area contributed by atoms with Crippen LogP contribution in [0.2, 0.25) is 0 Å². The highest BCUT2D eigenvalue weighted by molar-refractivity contribution is 7.89. The van der Waals surface area contributed by atoms with Crippen LogP contribution in [0, 0.1) is 0 Å². The van der Waals surface area contributed by atoms with E-state index in [1.807, 2.05) is 0 Å². The van der Waals surface area contributed by atoms with Crippen molar-refractivity contribution in [1.82, 2.24) is 9.29 Å². The number of amides is 1. The first-order chi connectivity index (χ1) is 11.9. The lowest BCUT2D eigenvalue weighted by molar-refractivity contribution is -0.114. The van der Waals surface area contributed by atoms with Gasteiger partial charge in [-0.15, -0.1) is 0 Å². The summed E-state index contributed by atoms with van der Waals surface area (Å²) in [7, 11) is -2.17. The molecule has 7 nitrogen and oxygen atoms in total. The minimum atomic E-state index is -3.70. The largest absolute Gasteiger partial charge is 0.383 e. The Morgan fingerprint density at radius 3 is 2.36 bits per heavy atom. The molecule has 0 atom stereocenters. The van der Waals surface area contributed by atoms with Gasteiger partial charge >= 0.3 is 0 Å². The lowest BCUT2D eigenvalue weighted by Gasteiger charge is -2.22. The number of benzene rings is 1. The summed E-state index contributed by atoms with van der Waals surface area (Å²) in [5.41, 5.74) is 1.38. The van der Waals surface area contributed by atoms with Gasteiger partial charge in [-0.3, -0.25) is 9.78 Å². The quantitative estimate of drug-likeness (QED) is 0.773. The molecule has 0 bridgehead atoms. The Kier molecular flexibility index (Phi) is 6.63. The van der Waals surface area contributed by atoms with E-state index in [1.54, 1.807) is 36.7 Å². The van der Waals surface area contributed by atoms with Gasteiger partial charge in [0, 0.05) is 45.2 Å². The topological polar surface area (TPSA) is 88.6 Å². The van der Waals surface area contributed by atoms with Crippen molar-refractivity contribution in [3.63, 3.8) is 0 Å². The number of nitrogens with one attached hydrogen (secondary N) is 1. The normalized spacial score (nSPS) is 11.5. The van der Waals surface area contributed by atoms with E-state index in [0.29, 0.717) is 5.69 Å². The third kappa shape index (κ3) is 5.35. The number of hydrogen-bond donors (Lipinski definition) is 1. The zero-order valence-electron chi connectivity index (χ0n) is 14.2. The van der Waals surface area contributed by atoms with Crippen LogP contribution in [0.5, 0.6) is 0 Å². The van der Waals surface area contributed by atoms with Gasteiger partial charge in [-0.1, -0.05) is 0 Å². The van der Waals surface area contributed by atoms with E-state index in [9.17, 15) is 13.2 Å². The van der Waals surface area contributed by atoms with Gasteiger partial charge in [-0.05, 0) is 42.0 Å². The van der Waals surface area contributed by atoms with E-state index >= 15 is 0 Å². The number of aromatic nitrogens is 1. The average molecular weight is 363 g/mol. The van der Waals surface area contributed by atoms with Crippen LogP contribution in [0.1, 0.15) is 12.5 Å². The highest BCUT2D eigenvalue weighted by Gasteiger charge is 2.24. The molecule has 0 aliphatic carbocycles. The standard InChI is InChI=1S/C17H21N3O4S/c1-14(21)19-16-3-5-17(6-4-16)25(22,23)20(11-12-24-2)13-15-7-9-18-10-8-15/h3-10H,11-13H2,1-2H3,(H,19,21). The number of sulfonamides is 1. The van der Waals surface area contributed by atoms with Crippen molar-refractivity contribution in [3.8, 4) is 0 Å². The molecular formula is C17H21N3O4S. The summed E-state index contributed by atoms with van der Waals surface area (Å²) in [5, 5.41) is 2.61. The molecule has 0 saturated carbocycles. The molecule has 2 rings (SSSR count). The van der Waals surface area contributed by atoms with E-state index in [1.165, 1.54) is 30.5 Å². The van der Waals surface area contributed by atoms with Crippen LogP contribution in [0.15, 0.2) is 53.7 Å². The number of carbonyl (C=O) groups is 1. The summed E-state index contributed by atoms with van der Waals surface area (Å²) in [4.78, 5) is 15.2. The molecule has 8 heteroatoms. The first kappa shape index (κ1) is 19.0. The molecule has 1 aromatic heterocycles. The Labute approximate surface area is 147 Å². The fourth-order valence-corrected chi connectivity index (χ4v) is 3.64. The van der Waals surface area contributed by atoms with Gasteiger partial charge < -0.3 is 10.1 Å². The van der Waals surface area contributed by atoms with Crippen molar-refractivity contribution in [2.75, 3.05) is 25.6 Å². The summed E-state index contributed by atoms with van der Waals surface area (Å²) in [6.45, 7) is 2.14. The number of carbonyl (C=O) groups excluding carboxylic acids is 1. The second kappa shape index (κ2) is 8.70. The van der Waals surface area contributed by atoms with Crippen molar-refractivity contribution >= 4 is 21.6 Å². The zero-order valence-corrected chi connectivity index (χ0v) is 15.0. The van der Waals surface area contributed by atoms with Gasteiger partial charge in [-0.2, -0.15) is 4.31 Å². The van der Waals surface area contributed by atoms with Crippen LogP contribution in [0.25, 0.3) is 0 Å². The predicted octanol–water partition coefficient (Wildman–Crippen LogP) is 1.88. The van der Waals surface area contributed by atoms with Gasteiger partial charge in [0.05, 0.1) is 11.5 Å². The number of nitrogens with zero attached hydrogens (tertiary/aromatic N) is 2. The Morgan fingerprint density at radius 2 is 1.80 bits per heavy atom. The van der Waals surface area contributed by atoms with Crippen molar-refractivity contribution in [3.05, 3.63) is 54.4 Å². The molecule has 1 N–H and O–H groups in total. The molecular weight excluding hydrogens is 342 g/mol. The van der Waals surface area contributed by atoms with E-state index in [4.69, 9.17) is 4.74 Å². The third-order valence-electron chi connectivity index (χ3n) is 3.47. The number of anilines is 1. The number of methoxy groups -OCH3 is 1. The molecule has 0 radical (unpaired) electrons. The van der Waals surface area contributed by atoms with E-state index < -0.39 is 10.0 Å². The molecule has 134 valence electrons. The average Bonchev–Trinajstić information content (AvgIpc) is 2.59. The van der Waals surface area contributed by atoms with Crippen LogP contribution < -0.4 is 5.32 Å². The summed E-state index contributed by atoms with van der Waals surface area (Å²) in [6.07, 6.45) is 3.25. The van der Waals surface area contributed by atoms with Crippen molar-refractivity contribution < 1.29 is 17.9 Å². The lowest BCUT2D eigenvalue weighted by Crippen LogP contribution is -2.33. The van der Waals surface area contributed by atoms with Crippen molar-refractivity contribution in [1.29, 1.82) is 0 Å². The third-order valence-corrected chi connectivity index (χ3v) is 5.32. The number of ether oxygens (including phenoxy) is 1. The predicted molar refractivity (Wildman–Crippen MR) is 94.5 cm³/mol. The summed E-state index contributed by atoms with van der Waals surface area (Å²) < 4.78 is 32.3. The maximum atomic E-state index is 12.9. The van der Waals surface area contributed by atoms with Gasteiger partial charge in [0.25, 0.3) is 0 Å². The highest BCUT2D eigenvalue weighted by atomic mass is 32.2. The second-order valence-electron chi connectivity index (χ2n) is 5.39. The molecule has 1 aromatic carbocycles. The van der Waals surface area contributed by atoms with Gasteiger partial charge in [-0.25, -0.2) is 8.42 Å². The summed E-state index contributed by atoms with van der Waals surface area (Å²) in [6, 6.07) is 9.63. The van der Waals surface area contributed by atoms with Crippen molar-refractivity contribution in [2.24, 2.45) is 0 Å². The zero-order chi connectivity index (χ0) is 18.3. The smallest absolute Gasteiger partial charge is 0.243 e. The van der Waals surface area contributed by atoms with E-state index in [2.05, 4.69) is 10.3 Å². The Hall–Kier alpha value is -2.29. The highest BCUT2D eigenvalue weighted by Crippen LogP contribution is 2.20. The molecule has 0 fully saturated rings. The molecule has 0 aliphatic heterocycles. The first-order valence-corrected chi connectivity index (χ1v) is 9.13. The Balaban J connectivity index is 2.25.